The van der Waals surface area contributed by atoms with Crippen LogP contribution in [0.3, 0.4) is 0 Å². The van der Waals surface area contributed by atoms with Gasteiger partial charge in [0, 0.05) is 90.2 Å². The number of thiazole rings is 1. The quantitative estimate of drug-likeness (QED) is 0.0132. The molecule has 6 atom stereocenters. The van der Waals surface area contributed by atoms with E-state index in [4.69, 9.17) is 41.1 Å². The van der Waals surface area contributed by atoms with Gasteiger partial charge in [0.1, 0.15) is 36.7 Å². The molecule has 2 unspecified atom stereocenters. The van der Waals surface area contributed by atoms with Crippen LogP contribution in [-0.2, 0) is 53.0 Å². The molecule has 3 aliphatic heterocycles. The van der Waals surface area contributed by atoms with Crippen molar-refractivity contribution in [3.63, 3.8) is 0 Å². The molecular weight excluding hydrogens is 1250 g/mol. The van der Waals surface area contributed by atoms with Gasteiger partial charge in [0.05, 0.1) is 61.5 Å². The van der Waals surface area contributed by atoms with Crippen LogP contribution in [0.25, 0.3) is 21.3 Å². The molecule has 97 heavy (non-hydrogen) atoms. The first-order valence-electron chi connectivity index (χ1n) is 34.1. The fourth-order valence-electron chi connectivity index (χ4n) is 17.4. The number of quaternary nitrogens is 1. The number of nitrogens with zero attached hydrogens (tertiary/aromatic N) is 9. The van der Waals surface area contributed by atoms with Crippen LogP contribution in [0.5, 0.6) is 0 Å². The summed E-state index contributed by atoms with van der Waals surface area (Å²) in [4.78, 5) is 102. The van der Waals surface area contributed by atoms with E-state index in [2.05, 4.69) is 82.3 Å². The molecule has 4 aromatic heterocycles. The lowest BCUT2D eigenvalue weighted by Gasteiger charge is -2.69. The van der Waals surface area contributed by atoms with Crippen LogP contribution >= 0.6 is 11.3 Å². The maximum absolute atomic E-state index is 14.0. The first kappa shape index (κ1) is 68.2. The van der Waals surface area contributed by atoms with Gasteiger partial charge in [-0.2, -0.15) is 5.10 Å². The van der Waals surface area contributed by atoms with Crippen LogP contribution < -0.4 is 43.0 Å². The minimum atomic E-state index is -1.02. The molecule has 4 saturated carbocycles. The summed E-state index contributed by atoms with van der Waals surface area (Å²) in [5.74, 6) is -1.31. The average Bonchev–Trinajstić information content (AvgIpc) is 1.49. The van der Waals surface area contributed by atoms with Gasteiger partial charge in [-0.15, -0.1) is 10.2 Å². The number of ether oxygens (including phenoxy) is 2. The van der Waals surface area contributed by atoms with E-state index in [0.29, 0.717) is 48.3 Å². The minimum absolute atomic E-state index is 0.00466. The number of hydrogen-bond donors (Lipinski definition) is 7. The molecule has 0 spiro atoms. The molecule has 6 aromatic rings. The number of anilines is 5. The molecule has 7 aliphatic rings. The van der Waals surface area contributed by atoms with E-state index >= 15 is 0 Å². The molecular formula is C71H91N16O9S+. The van der Waals surface area contributed by atoms with Crippen molar-refractivity contribution in [2.75, 3.05) is 74.6 Å². The van der Waals surface area contributed by atoms with Crippen molar-refractivity contribution in [1.29, 1.82) is 0 Å². The van der Waals surface area contributed by atoms with Gasteiger partial charge in [-0.25, -0.2) is 14.8 Å². The molecule has 25 nitrogen and oxygen atoms in total. The van der Waals surface area contributed by atoms with E-state index in [1.807, 2.05) is 53.6 Å². The molecule has 4 bridgehead atoms. The molecule has 4 aliphatic carbocycles. The number of pyridine rings is 1. The first-order valence-corrected chi connectivity index (χ1v) is 35.0. The van der Waals surface area contributed by atoms with Gasteiger partial charge in [0.15, 0.2) is 16.8 Å². The van der Waals surface area contributed by atoms with E-state index < -0.39 is 53.6 Å². The topological polar surface area (TPSA) is 326 Å². The number of rotatable bonds is 29. The highest BCUT2D eigenvalue weighted by Gasteiger charge is 2.66. The lowest BCUT2D eigenvalue weighted by atomic mass is 9.39. The van der Waals surface area contributed by atoms with Gasteiger partial charge < -0.3 is 56.9 Å². The number of imide groups is 1. The van der Waals surface area contributed by atoms with Crippen molar-refractivity contribution < 1.29 is 47.5 Å². The van der Waals surface area contributed by atoms with Crippen molar-refractivity contribution >= 4 is 91.3 Å². The smallest absolute Gasteiger partial charge is 0.312 e. The summed E-state index contributed by atoms with van der Waals surface area (Å²) >= 11 is 1.57. The molecule has 9 N–H and O–H groups in total. The van der Waals surface area contributed by atoms with Gasteiger partial charge in [-0.1, -0.05) is 63.3 Å². The molecule has 1 saturated heterocycles. The number of aromatic nitrogens is 6. The average molecular weight is 1340 g/mol. The lowest BCUT2D eigenvalue weighted by molar-refractivity contribution is -0.930. The Hall–Kier alpha value is -8.72. The predicted octanol–water partition coefficient (Wildman–Crippen LogP) is 8.18. The number of carbonyl (C=O) groups excluding carboxylic acids is 7. The third-order valence-electron chi connectivity index (χ3n) is 20.8. The number of benzene rings is 2. The molecule has 26 heteroatoms. The van der Waals surface area contributed by atoms with Gasteiger partial charge in [-0.3, -0.25) is 38.3 Å². The van der Waals surface area contributed by atoms with E-state index in [9.17, 15) is 33.6 Å². The Labute approximate surface area is 569 Å². The molecule has 7 heterocycles. The molecule has 2 aromatic carbocycles. The normalized spacial score (nSPS) is 22.8. The number of carbonyl (C=O) groups is 7. The fourth-order valence-corrected chi connectivity index (χ4v) is 18.3. The largest absolute Gasteiger partial charge is 0.379 e. The zero-order valence-electron chi connectivity index (χ0n) is 56.5. The lowest BCUT2D eigenvalue weighted by Crippen LogP contribution is -2.64. The highest BCUT2D eigenvalue weighted by molar-refractivity contribution is 7.22. The van der Waals surface area contributed by atoms with Crippen LogP contribution in [-0.4, -0.2) is 158 Å². The Morgan fingerprint density at radius 2 is 1.55 bits per heavy atom. The molecule has 13 rings (SSSR count). The molecule has 8 amide bonds. The van der Waals surface area contributed by atoms with Crippen LogP contribution in [0.15, 0.2) is 79.0 Å². The number of primary amides is 2. The Balaban J connectivity index is 0.670. The van der Waals surface area contributed by atoms with Crippen LogP contribution in [0, 0.1) is 36.0 Å². The summed E-state index contributed by atoms with van der Waals surface area (Å²) in [6.45, 7) is 18.7. The third kappa shape index (κ3) is 15.2. The number of urea groups is 1. The third-order valence-corrected chi connectivity index (χ3v) is 21.7. The van der Waals surface area contributed by atoms with Gasteiger partial charge in [0.25, 0.3) is 17.7 Å². The second-order valence-corrected chi connectivity index (χ2v) is 30.2. The summed E-state index contributed by atoms with van der Waals surface area (Å²) in [6, 6.07) is 17.1. The summed E-state index contributed by atoms with van der Waals surface area (Å²) in [5, 5.41) is 29.7. The van der Waals surface area contributed by atoms with Crippen LogP contribution in [0.1, 0.15) is 138 Å². The highest BCUT2D eigenvalue weighted by atomic mass is 32.1. The number of nitrogens with two attached hydrogens (primary N) is 2. The van der Waals surface area contributed by atoms with Crippen molar-refractivity contribution in [3.05, 3.63) is 107 Å². The number of amides is 8. The second-order valence-electron chi connectivity index (χ2n) is 29.2. The zero-order chi connectivity index (χ0) is 68.4. The van der Waals surface area contributed by atoms with Gasteiger partial charge in [-0.05, 0) is 137 Å². The van der Waals surface area contributed by atoms with Gasteiger partial charge >= 0.3 is 6.03 Å². The number of nitrogens with one attached hydrogen (secondary N) is 5. The van der Waals surface area contributed by atoms with E-state index in [0.717, 1.165) is 143 Å². The van der Waals surface area contributed by atoms with E-state index in [-0.39, 0.29) is 72.6 Å². The fraction of sp³-hybridized carbons (Fsp3) is 0.521. The Morgan fingerprint density at radius 3 is 2.26 bits per heavy atom. The first-order chi connectivity index (χ1) is 46.4. The summed E-state index contributed by atoms with van der Waals surface area (Å²) < 4.78 is 17.1. The van der Waals surface area contributed by atoms with Crippen LogP contribution in [0.2, 0.25) is 0 Å². The molecule has 0 radical (unpaired) electrons. The van der Waals surface area contributed by atoms with Crippen molar-refractivity contribution in [2.24, 2.45) is 33.6 Å². The maximum Gasteiger partial charge on any atom is 0.312 e. The number of hydrogen-bond acceptors (Lipinski definition) is 17. The predicted molar refractivity (Wildman–Crippen MR) is 368 cm³/mol. The monoisotopic (exact) mass is 1340 g/mol. The van der Waals surface area contributed by atoms with Crippen molar-refractivity contribution in [1.82, 2.24) is 50.8 Å². The highest BCUT2D eigenvalue weighted by Crippen LogP contribution is 2.72. The van der Waals surface area contributed by atoms with Crippen LogP contribution in [0.4, 0.5) is 33.1 Å². The van der Waals surface area contributed by atoms with E-state index in [1.54, 1.807) is 25.2 Å². The standard InChI is InChI=1S/C71H90N16O9S/c1-44(2)59(80-56(88)25-32-95-33-28-85-57(89)23-24-58(85)90)65(93)77-53(15-11-26-74-66(73)94)64(92)76-48-19-17-47(18-20-48)36-87(29-9-10-30-87)31-34-96-71-40-68(5)37-69(6,41-71)39-70(38-68,42-71)43-86-46(4)51(35-75-86)50-21-22-55(79-60(50)61(72)91)84-27-12-13-49-45(3)62(82-83-63(49)84)81-67-78-52-14-7-8-16-54(52)97-67/h7-8,14,16-24,35,44,53,59H,9-13,15,25-34,36-43H2,1-6H3,(H8-,72,73,74,76,77,78,80,81,82,88,91,92,93,94)/p+1/t53-,59-,68-,69+,70?,71?/m0/s1. The van der Waals surface area contributed by atoms with Gasteiger partial charge in [0.2, 0.25) is 17.7 Å². The number of para-hydroxylation sites is 1. The number of fused-ring (bicyclic) bond motifs is 2. The molecule has 5 fully saturated rings. The van der Waals surface area contributed by atoms with Crippen molar-refractivity contribution in [3.8, 4) is 11.1 Å². The summed E-state index contributed by atoms with van der Waals surface area (Å²) in [7, 11) is 0. The summed E-state index contributed by atoms with van der Waals surface area (Å²) in [5.41, 5.74) is 18.7. The Kier molecular flexibility index (Phi) is 19.7. The van der Waals surface area contributed by atoms with E-state index in [1.165, 1.54) is 18.6 Å². The zero-order valence-corrected chi connectivity index (χ0v) is 57.3. The SMILES string of the molecule is Cc1c(Nc2nc3ccccc3s2)nnc2c1CCCN2c1ccc(-c2cnn(CC34CC5(OCC[N+]6(Cc7ccc(NC(=O)[C@H](CCCNC(N)=O)NC(=O)[C@@H](NC(=O)CCOCCN8C(=O)C=CC8=O)C(C)C)cc7)CCCC6)C[C@](C)(C3)C[C@](C)(C4)C5)c2C)c(C(N)=O)n1. The Morgan fingerprint density at radius 1 is 0.804 bits per heavy atom. The maximum atomic E-state index is 14.0. The Bertz CT molecular complexity index is 3960. The molecule has 514 valence electrons. The van der Waals surface area contributed by atoms with Crippen molar-refractivity contribution in [2.45, 2.75) is 156 Å². The number of likely N-dealkylation sites (tertiary alicyclic amines) is 1. The minimum Gasteiger partial charge on any atom is -0.379 e. The summed E-state index contributed by atoms with van der Waals surface area (Å²) in [6.07, 6.45) is 14.9. The second kappa shape index (κ2) is 28.0.